The minimum atomic E-state index is -1.28. The van der Waals surface area contributed by atoms with Gasteiger partial charge in [0.15, 0.2) is 11.4 Å². The van der Waals surface area contributed by atoms with Gasteiger partial charge in [0.05, 0.1) is 16.4 Å². The molecule has 1 N–H and O–H groups in total. The van der Waals surface area contributed by atoms with E-state index in [1.54, 1.807) is 50.2 Å². The lowest BCUT2D eigenvalue weighted by Crippen LogP contribution is -2.35. The Hall–Kier alpha value is -2.23. The van der Waals surface area contributed by atoms with Gasteiger partial charge >= 0.3 is 0 Å². The van der Waals surface area contributed by atoms with E-state index in [4.69, 9.17) is 18.9 Å². The van der Waals surface area contributed by atoms with Gasteiger partial charge in [-0.1, -0.05) is 11.8 Å². The second kappa shape index (κ2) is 6.65. The zero-order valence-corrected chi connectivity index (χ0v) is 19.3. The lowest BCUT2D eigenvalue weighted by molar-refractivity contribution is 0.00127. The Morgan fingerprint density at radius 2 is 1.41 bits per heavy atom. The van der Waals surface area contributed by atoms with E-state index in [-0.39, 0.29) is 18.2 Å². The third-order valence-electron chi connectivity index (χ3n) is 6.54. The Labute approximate surface area is 190 Å². The number of ketones is 2. The minimum absolute atomic E-state index is 0.249. The first-order chi connectivity index (χ1) is 15.0. The Morgan fingerprint density at radius 1 is 0.906 bits per heavy atom. The molecule has 2 fully saturated rings. The molecule has 168 valence electrons. The van der Waals surface area contributed by atoms with Crippen LogP contribution >= 0.6 is 11.8 Å². The number of benzene rings is 2. The van der Waals surface area contributed by atoms with Crippen molar-refractivity contribution in [3.05, 3.63) is 47.5 Å². The minimum Gasteiger partial charge on any atom is -0.455 e. The van der Waals surface area contributed by atoms with E-state index >= 15 is 0 Å². The van der Waals surface area contributed by atoms with Crippen LogP contribution in [0.4, 0.5) is 0 Å². The summed E-state index contributed by atoms with van der Waals surface area (Å²) in [4.78, 5) is 27.6. The number of Topliss-reactive ketones (excluding diaryl/α,β-unsaturated/α-hetero) is 2. The maximum Gasteiger partial charge on any atom is 0.263 e. The van der Waals surface area contributed by atoms with Crippen LogP contribution in [-0.4, -0.2) is 53.0 Å². The number of hydrogen-bond acceptors (Lipinski definition) is 8. The van der Waals surface area contributed by atoms with Crippen LogP contribution in [0.15, 0.2) is 46.2 Å². The molecule has 0 bridgehead atoms. The number of aliphatic hydroxyl groups is 1. The highest BCUT2D eigenvalue weighted by Gasteiger charge is 2.70. The summed E-state index contributed by atoms with van der Waals surface area (Å²) < 4.78 is 22.6. The van der Waals surface area contributed by atoms with E-state index in [0.29, 0.717) is 22.6 Å². The normalized spacial score (nSPS) is 28.2. The molecule has 3 aliphatic rings. The molecule has 2 unspecified atom stereocenters. The average molecular weight is 457 g/mol. The van der Waals surface area contributed by atoms with Crippen molar-refractivity contribution in [2.75, 3.05) is 13.7 Å². The lowest BCUT2D eigenvalue weighted by Gasteiger charge is -2.21. The van der Waals surface area contributed by atoms with E-state index in [0.717, 1.165) is 9.79 Å². The van der Waals surface area contributed by atoms with Crippen LogP contribution in [0.1, 0.15) is 48.4 Å². The Bertz CT molecular complexity index is 1080. The second-order valence-corrected chi connectivity index (χ2v) is 10.3. The topological polar surface area (TPSA) is 97.9 Å². The smallest absolute Gasteiger partial charge is 0.263 e. The molecule has 0 saturated carbocycles. The molecule has 3 aliphatic heterocycles. The van der Waals surface area contributed by atoms with Gasteiger partial charge in [-0.25, -0.2) is 0 Å². The monoisotopic (exact) mass is 456 g/mol. The van der Waals surface area contributed by atoms with Crippen LogP contribution < -0.4 is 4.74 Å². The van der Waals surface area contributed by atoms with Crippen LogP contribution in [0.25, 0.3) is 0 Å². The molecular formula is C24H24O7S. The highest BCUT2D eigenvalue weighted by molar-refractivity contribution is 7.99. The molecule has 0 amide bonds. The van der Waals surface area contributed by atoms with Crippen LogP contribution in [-0.2, 0) is 14.2 Å². The number of aliphatic hydroxyl groups excluding tert-OH is 1. The lowest BCUT2D eigenvalue weighted by atomic mass is 9.88. The molecule has 2 saturated heterocycles. The fourth-order valence-electron chi connectivity index (χ4n) is 4.34. The molecule has 0 spiro atoms. The number of ether oxygens (including phenoxy) is 4. The Morgan fingerprint density at radius 3 is 1.81 bits per heavy atom. The second-order valence-electron chi connectivity index (χ2n) is 9.22. The van der Waals surface area contributed by atoms with Crippen molar-refractivity contribution in [2.24, 2.45) is 0 Å². The van der Waals surface area contributed by atoms with Crippen molar-refractivity contribution in [3.63, 3.8) is 0 Å². The summed E-state index contributed by atoms with van der Waals surface area (Å²) in [5, 5.41) is 9.77. The Balaban J connectivity index is 1.43. The molecule has 0 aliphatic carbocycles. The number of hydrogen-bond donors (Lipinski definition) is 1. The molecule has 2 aromatic rings. The average Bonchev–Trinajstić information content (AvgIpc) is 3.57. The zero-order chi connectivity index (χ0) is 23.1. The number of rotatable bonds is 6. The predicted molar refractivity (Wildman–Crippen MR) is 116 cm³/mol. The SMILES string of the molecule is COC1(C(=O)c2ccc3c(c2)Sc2cc(C(=O)C4(CO)OC4(C)C)ccc2O3)OC1(C)C. The molecule has 0 aromatic heterocycles. The van der Waals surface area contributed by atoms with Gasteiger partial charge in [-0.05, 0) is 64.1 Å². The first-order valence-electron chi connectivity index (χ1n) is 10.3. The molecule has 32 heavy (non-hydrogen) atoms. The first kappa shape index (κ1) is 21.6. The third kappa shape index (κ3) is 2.84. The largest absolute Gasteiger partial charge is 0.455 e. The summed E-state index contributed by atoms with van der Waals surface area (Å²) in [5.41, 5.74) is -1.74. The molecule has 2 aromatic carbocycles. The molecule has 0 radical (unpaired) electrons. The number of fused-ring (bicyclic) bond motifs is 2. The standard InChI is InChI=1S/C24H24O7S/c1-21(2)23(12-25,30-21)19(26)13-6-8-15-17(10-13)32-18-11-14(7-9-16(18)29-15)20(27)24(28-5)22(3,4)31-24/h6-11,25H,12H2,1-5H3. The number of epoxide rings is 2. The van der Waals surface area contributed by atoms with Gasteiger partial charge in [0.25, 0.3) is 5.79 Å². The van der Waals surface area contributed by atoms with Crippen molar-refractivity contribution >= 4 is 23.3 Å². The van der Waals surface area contributed by atoms with E-state index in [1.807, 2.05) is 13.8 Å². The van der Waals surface area contributed by atoms with Crippen LogP contribution in [0, 0.1) is 0 Å². The molecule has 3 heterocycles. The highest BCUT2D eigenvalue weighted by Crippen LogP contribution is 2.53. The van der Waals surface area contributed by atoms with Gasteiger partial charge in [-0.3, -0.25) is 9.59 Å². The van der Waals surface area contributed by atoms with Gasteiger partial charge in [-0.2, -0.15) is 0 Å². The van der Waals surface area contributed by atoms with E-state index in [9.17, 15) is 14.7 Å². The molecule has 8 heteroatoms. The summed E-state index contributed by atoms with van der Waals surface area (Å²) in [5.74, 6) is -0.556. The summed E-state index contributed by atoms with van der Waals surface area (Å²) in [6.45, 7) is 6.80. The zero-order valence-electron chi connectivity index (χ0n) is 18.5. The third-order valence-corrected chi connectivity index (χ3v) is 7.62. The first-order valence-corrected chi connectivity index (χ1v) is 11.1. The van der Waals surface area contributed by atoms with Crippen LogP contribution in [0.5, 0.6) is 11.5 Å². The highest BCUT2D eigenvalue weighted by atomic mass is 32.2. The van der Waals surface area contributed by atoms with Crippen molar-refractivity contribution in [3.8, 4) is 11.5 Å². The number of carbonyl (C=O) groups is 2. The predicted octanol–water partition coefficient (Wildman–Crippen LogP) is 4.00. The van der Waals surface area contributed by atoms with Gasteiger partial charge in [0, 0.05) is 18.2 Å². The van der Waals surface area contributed by atoms with Crippen LogP contribution in [0.2, 0.25) is 0 Å². The van der Waals surface area contributed by atoms with Crippen molar-refractivity contribution in [2.45, 2.75) is 60.1 Å². The van der Waals surface area contributed by atoms with Crippen molar-refractivity contribution < 1.29 is 33.6 Å². The molecule has 5 rings (SSSR count). The molecule has 2 atom stereocenters. The van der Waals surface area contributed by atoms with E-state index < -0.39 is 22.6 Å². The molecule has 7 nitrogen and oxygen atoms in total. The summed E-state index contributed by atoms with van der Waals surface area (Å²) >= 11 is 1.41. The van der Waals surface area contributed by atoms with E-state index in [1.165, 1.54) is 18.9 Å². The van der Waals surface area contributed by atoms with Gasteiger partial charge in [0.2, 0.25) is 5.78 Å². The fourth-order valence-corrected chi connectivity index (χ4v) is 5.37. The van der Waals surface area contributed by atoms with Gasteiger partial charge in [-0.15, -0.1) is 0 Å². The summed E-state index contributed by atoms with van der Waals surface area (Å²) in [6.07, 6.45) is 0. The maximum absolute atomic E-state index is 13.1. The Kier molecular flexibility index (Phi) is 4.49. The van der Waals surface area contributed by atoms with Gasteiger partial charge in [0.1, 0.15) is 22.7 Å². The fraction of sp³-hybridized carbons (Fsp3) is 0.417. The maximum atomic E-state index is 13.1. The molecular weight excluding hydrogens is 432 g/mol. The van der Waals surface area contributed by atoms with Crippen molar-refractivity contribution in [1.82, 2.24) is 0 Å². The summed E-state index contributed by atoms with van der Waals surface area (Å²) in [7, 11) is 1.46. The van der Waals surface area contributed by atoms with Gasteiger partial charge < -0.3 is 24.1 Å². The number of methoxy groups -OCH3 is 1. The van der Waals surface area contributed by atoms with Crippen LogP contribution in [0.3, 0.4) is 0 Å². The quantitative estimate of drug-likeness (QED) is 0.439. The summed E-state index contributed by atoms with van der Waals surface area (Å²) in [6, 6.07) is 10.3. The van der Waals surface area contributed by atoms with E-state index in [2.05, 4.69) is 0 Å². The number of carbonyl (C=O) groups excluding carboxylic acids is 2. The van der Waals surface area contributed by atoms with Crippen molar-refractivity contribution in [1.29, 1.82) is 0 Å².